The average Bonchev–Trinajstić information content (AvgIpc) is 2.95. The topological polar surface area (TPSA) is 41.0 Å². The van der Waals surface area contributed by atoms with E-state index in [0.29, 0.717) is 10.7 Å². The summed E-state index contributed by atoms with van der Waals surface area (Å²) in [4.78, 5) is 17.4. The van der Waals surface area contributed by atoms with Gasteiger partial charge in [0.05, 0.1) is 0 Å². The Morgan fingerprint density at radius 3 is 2.50 bits per heavy atom. The largest absolute Gasteiger partial charge is 0.341 e. The van der Waals surface area contributed by atoms with Gasteiger partial charge in [0.25, 0.3) is 0 Å². The summed E-state index contributed by atoms with van der Waals surface area (Å²) < 4.78 is 2.60. The third-order valence-corrected chi connectivity index (χ3v) is 3.91. The van der Waals surface area contributed by atoms with Crippen LogP contribution in [0.15, 0.2) is 6.20 Å². The molecule has 2 rings (SSSR count). The molecule has 1 aliphatic heterocycles. The summed E-state index contributed by atoms with van der Waals surface area (Å²) in [7, 11) is 0. The van der Waals surface area contributed by atoms with E-state index in [4.69, 9.17) is 12.2 Å². The summed E-state index contributed by atoms with van der Waals surface area (Å²) in [6, 6.07) is -0.209. The first-order valence-electron chi connectivity index (χ1n) is 6.61. The number of likely N-dealkylation sites (tertiary alicyclic amines) is 1. The Labute approximate surface area is 113 Å². The van der Waals surface area contributed by atoms with E-state index in [9.17, 15) is 4.79 Å². The number of rotatable bonds is 3. The van der Waals surface area contributed by atoms with Gasteiger partial charge in [0.2, 0.25) is 5.91 Å². The zero-order chi connectivity index (χ0) is 13.3. The summed E-state index contributed by atoms with van der Waals surface area (Å²) in [6.45, 7) is 7.94. The second-order valence-corrected chi connectivity index (χ2v) is 5.64. The van der Waals surface area contributed by atoms with Gasteiger partial charge in [-0.15, -0.1) is 0 Å². The van der Waals surface area contributed by atoms with Gasteiger partial charge in [-0.2, -0.15) is 0 Å². The van der Waals surface area contributed by atoms with E-state index in [1.807, 2.05) is 22.6 Å². The van der Waals surface area contributed by atoms with Gasteiger partial charge in [-0.1, -0.05) is 13.8 Å². The van der Waals surface area contributed by atoms with Gasteiger partial charge in [-0.3, -0.25) is 4.79 Å². The second-order valence-electron chi connectivity index (χ2n) is 5.25. The molecule has 1 fully saturated rings. The van der Waals surface area contributed by atoms with Crippen molar-refractivity contribution in [3.63, 3.8) is 0 Å². The zero-order valence-electron chi connectivity index (χ0n) is 11.3. The Morgan fingerprint density at radius 2 is 1.94 bits per heavy atom. The molecule has 1 N–H and O–H groups in total. The van der Waals surface area contributed by atoms with Crippen molar-refractivity contribution in [1.29, 1.82) is 0 Å². The maximum Gasteiger partial charge on any atom is 0.245 e. The lowest BCUT2D eigenvalue weighted by molar-refractivity contribution is -0.133. The van der Waals surface area contributed by atoms with Gasteiger partial charge in [-0.05, 0) is 37.9 Å². The molecule has 1 amide bonds. The number of imidazole rings is 1. The molecule has 1 atom stereocenters. The maximum absolute atomic E-state index is 12.4. The Hall–Kier alpha value is -1.10. The van der Waals surface area contributed by atoms with E-state index in [0.717, 1.165) is 31.6 Å². The minimum Gasteiger partial charge on any atom is -0.341 e. The molecule has 100 valence electrons. The smallest absolute Gasteiger partial charge is 0.245 e. The van der Waals surface area contributed by atoms with Gasteiger partial charge >= 0.3 is 0 Å². The van der Waals surface area contributed by atoms with E-state index < -0.39 is 0 Å². The molecule has 0 aromatic carbocycles. The molecule has 1 aromatic heterocycles. The number of hydrogen-bond donors (Lipinski definition) is 1. The fourth-order valence-corrected chi connectivity index (χ4v) is 2.87. The molecule has 0 aliphatic carbocycles. The number of nitrogens with zero attached hydrogens (tertiary/aromatic N) is 2. The van der Waals surface area contributed by atoms with Crippen LogP contribution in [0.2, 0.25) is 0 Å². The van der Waals surface area contributed by atoms with Crippen LogP contribution in [-0.4, -0.2) is 33.4 Å². The highest BCUT2D eigenvalue weighted by Crippen LogP contribution is 2.22. The molecule has 5 heteroatoms. The van der Waals surface area contributed by atoms with Crippen molar-refractivity contribution in [2.75, 3.05) is 13.1 Å². The number of aromatic amines is 1. The van der Waals surface area contributed by atoms with Gasteiger partial charge < -0.3 is 14.5 Å². The molecule has 1 saturated heterocycles. The highest BCUT2D eigenvalue weighted by Gasteiger charge is 2.26. The summed E-state index contributed by atoms with van der Waals surface area (Å²) in [5.74, 6) is 0.539. The third-order valence-electron chi connectivity index (χ3n) is 3.59. The summed E-state index contributed by atoms with van der Waals surface area (Å²) >= 11 is 5.30. The molecule has 0 radical (unpaired) electrons. The van der Waals surface area contributed by atoms with Crippen molar-refractivity contribution in [2.45, 2.75) is 45.6 Å². The molecule has 4 nitrogen and oxygen atoms in total. The van der Waals surface area contributed by atoms with Crippen LogP contribution in [0.1, 0.15) is 51.3 Å². The number of aromatic nitrogens is 2. The maximum atomic E-state index is 12.4. The molecule has 2 heterocycles. The second kappa shape index (κ2) is 5.26. The first-order valence-corrected chi connectivity index (χ1v) is 7.01. The molecule has 1 aromatic rings. The van der Waals surface area contributed by atoms with Crippen LogP contribution in [0.5, 0.6) is 0 Å². The van der Waals surface area contributed by atoms with Crippen LogP contribution in [0, 0.1) is 4.77 Å². The number of carbonyl (C=O) groups excluding carboxylic acids is 1. The van der Waals surface area contributed by atoms with Crippen LogP contribution in [0.3, 0.4) is 0 Å². The van der Waals surface area contributed by atoms with E-state index in [2.05, 4.69) is 18.8 Å². The van der Waals surface area contributed by atoms with Crippen LogP contribution < -0.4 is 0 Å². The van der Waals surface area contributed by atoms with Crippen LogP contribution >= 0.6 is 12.2 Å². The highest BCUT2D eigenvalue weighted by molar-refractivity contribution is 7.71. The lowest BCUT2D eigenvalue weighted by Gasteiger charge is -2.23. The number of amides is 1. The number of H-pyrrole nitrogens is 1. The van der Waals surface area contributed by atoms with Crippen LogP contribution in [0.4, 0.5) is 0 Å². The quantitative estimate of drug-likeness (QED) is 0.856. The normalized spacial score (nSPS) is 17.4. The Morgan fingerprint density at radius 1 is 1.33 bits per heavy atom. The minimum absolute atomic E-state index is 0.185. The lowest BCUT2D eigenvalue weighted by Crippen LogP contribution is -2.34. The average molecular weight is 267 g/mol. The fourth-order valence-electron chi connectivity index (χ4n) is 2.55. The first kappa shape index (κ1) is 13.3. The van der Waals surface area contributed by atoms with Crippen molar-refractivity contribution < 1.29 is 4.79 Å². The zero-order valence-corrected chi connectivity index (χ0v) is 12.1. The van der Waals surface area contributed by atoms with E-state index in [1.165, 1.54) is 0 Å². The summed E-state index contributed by atoms with van der Waals surface area (Å²) in [5.41, 5.74) is 1.10. The number of carbonyl (C=O) groups is 1. The molecule has 1 unspecified atom stereocenters. The first-order chi connectivity index (χ1) is 8.52. The minimum atomic E-state index is -0.209. The van der Waals surface area contributed by atoms with Crippen LogP contribution in [-0.2, 0) is 4.79 Å². The molecule has 1 aliphatic rings. The van der Waals surface area contributed by atoms with E-state index in [-0.39, 0.29) is 11.9 Å². The van der Waals surface area contributed by atoms with Crippen molar-refractivity contribution in [1.82, 2.24) is 14.5 Å². The predicted molar refractivity (Wildman–Crippen MR) is 74.2 cm³/mol. The van der Waals surface area contributed by atoms with Crippen molar-refractivity contribution in [2.24, 2.45) is 0 Å². The van der Waals surface area contributed by atoms with Crippen molar-refractivity contribution in [3.05, 3.63) is 16.7 Å². The van der Waals surface area contributed by atoms with Gasteiger partial charge in [-0.25, -0.2) is 0 Å². The standard InChI is InChI=1S/C13H21N3OS/c1-9(2)11-8-14-13(18)16(11)10(3)12(17)15-6-4-5-7-15/h8-10H,4-7H2,1-3H3,(H,14,18). The summed E-state index contributed by atoms with van der Waals surface area (Å²) in [6.07, 6.45) is 4.16. The predicted octanol–water partition coefficient (Wildman–Crippen LogP) is 2.85. The van der Waals surface area contributed by atoms with Gasteiger partial charge in [0, 0.05) is 25.0 Å². The SMILES string of the molecule is CC(C)c1c[nH]c(=S)n1C(C)C(=O)N1CCCC1. The molecule has 0 spiro atoms. The Kier molecular flexibility index (Phi) is 3.90. The monoisotopic (exact) mass is 267 g/mol. The number of nitrogens with one attached hydrogen (secondary N) is 1. The molecule has 18 heavy (non-hydrogen) atoms. The van der Waals surface area contributed by atoms with E-state index >= 15 is 0 Å². The molecule has 0 saturated carbocycles. The van der Waals surface area contributed by atoms with E-state index in [1.54, 1.807) is 0 Å². The number of hydrogen-bond acceptors (Lipinski definition) is 2. The lowest BCUT2D eigenvalue weighted by atomic mass is 10.1. The summed E-state index contributed by atoms with van der Waals surface area (Å²) in [5, 5.41) is 0. The van der Waals surface area contributed by atoms with Gasteiger partial charge in [0.15, 0.2) is 4.77 Å². The van der Waals surface area contributed by atoms with Crippen molar-refractivity contribution >= 4 is 18.1 Å². The fraction of sp³-hybridized carbons (Fsp3) is 0.692. The Bertz CT molecular complexity index is 483. The van der Waals surface area contributed by atoms with Gasteiger partial charge in [0.1, 0.15) is 6.04 Å². The molecular formula is C13H21N3OS. The highest BCUT2D eigenvalue weighted by atomic mass is 32.1. The third kappa shape index (κ3) is 2.36. The van der Waals surface area contributed by atoms with Crippen LogP contribution in [0.25, 0.3) is 0 Å². The molecular weight excluding hydrogens is 246 g/mol. The molecule has 0 bridgehead atoms. The van der Waals surface area contributed by atoms with Crippen molar-refractivity contribution in [3.8, 4) is 0 Å². The Balaban J connectivity index is 2.27.